The molecule has 1 aromatic heterocycles. The Hall–Kier alpha value is -0.850. The molecule has 82 valence electrons. The number of β-amino-alcohol motifs (C(OH)–C–C–N with tert-alkyl or cyclic N) is 1. The van der Waals surface area contributed by atoms with Crippen LogP contribution in [0, 0.1) is 0 Å². The Morgan fingerprint density at radius 3 is 3.00 bits per heavy atom. The van der Waals surface area contributed by atoms with Crippen molar-refractivity contribution >= 4 is 34.1 Å². The van der Waals surface area contributed by atoms with Gasteiger partial charge in [0, 0.05) is 6.54 Å². The number of anilines is 1. The van der Waals surface area contributed by atoms with Gasteiger partial charge >= 0.3 is 6.03 Å². The van der Waals surface area contributed by atoms with Crippen LogP contribution >= 0.6 is 22.9 Å². The van der Waals surface area contributed by atoms with Crippen LogP contribution in [-0.2, 0) is 0 Å². The molecule has 1 fully saturated rings. The van der Waals surface area contributed by atoms with E-state index in [2.05, 4.69) is 4.98 Å². The van der Waals surface area contributed by atoms with E-state index in [0.717, 1.165) is 0 Å². The molecule has 1 N–H and O–H groups in total. The summed E-state index contributed by atoms with van der Waals surface area (Å²) in [6.07, 6.45) is 0.635. The monoisotopic (exact) mass is 247 g/mol. The van der Waals surface area contributed by atoms with E-state index in [4.69, 9.17) is 11.6 Å². The molecule has 0 bridgehead atoms. The number of likely N-dealkylation sites (N-methyl/N-ethyl adjacent to an activating group) is 1. The SMILES string of the molecule is CCN1CC(O)N(c2ncc(Cl)s2)C1=O. The van der Waals surface area contributed by atoms with Gasteiger partial charge in [-0.05, 0) is 6.92 Å². The first-order valence-electron chi connectivity index (χ1n) is 4.51. The summed E-state index contributed by atoms with van der Waals surface area (Å²) in [4.78, 5) is 18.6. The smallest absolute Gasteiger partial charge is 0.328 e. The lowest BCUT2D eigenvalue weighted by molar-refractivity contribution is 0.178. The highest BCUT2D eigenvalue weighted by Gasteiger charge is 2.37. The number of urea groups is 1. The highest BCUT2D eigenvalue weighted by molar-refractivity contribution is 7.19. The normalized spacial score (nSPS) is 21.5. The molecule has 1 saturated heterocycles. The van der Waals surface area contributed by atoms with Crippen LogP contribution in [0.1, 0.15) is 6.92 Å². The number of halogens is 1. The summed E-state index contributed by atoms with van der Waals surface area (Å²) in [5.74, 6) is 0. The van der Waals surface area contributed by atoms with Gasteiger partial charge in [-0.3, -0.25) is 0 Å². The van der Waals surface area contributed by atoms with Crippen molar-refractivity contribution in [1.82, 2.24) is 9.88 Å². The molecule has 1 unspecified atom stereocenters. The summed E-state index contributed by atoms with van der Waals surface area (Å²) in [5, 5.41) is 10.1. The van der Waals surface area contributed by atoms with E-state index in [1.807, 2.05) is 6.92 Å². The van der Waals surface area contributed by atoms with Gasteiger partial charge in [0.25, 0.3) is 0 Å². The Morgan fingerprint density at radius 2 is 2.53 bits per heavy atom. The minimum atomic E-state index is -0.834. The Morgan fingerprint density at radius 1 is 1.80 bits per heavy atom. The molecule has 0 spiro atoms. The lowest BCUT2D eigenvalue weighted by Crippen LogP contribution is -2.34. The first-order chi connectivity index (χ1) is 7.13. The molecule has 7 heteroatoms. The van der Waals surface area contributed by atoms with E-state index in [9.17, 15) is 9.90 Å². The quantitative estimate of drug-likeness (QED) is 0.859. The Labute approximate surface area is 95.9 Å². The number of rotatable bonds is 2. The van der Waals surface area contributed by atoms with Crippen LogP contribution in [0.15, 0.2) is 6.20 Å². The van der Waals surface area contributed by atoms with Crippen LogP contribution in [0.4, 0.5) is 9.93 Å². The fraction of sp³-hybridized carbons (Fsp3) is 0.500. The van der Waals surface area contributed by atoms with Crippen LogP contribution in [-0.4, -0.2) is 40.3 Å². The van der Waals surface area contributed by atoms with E-state index in [0.29, 0.717) is 22.6 Å². The molecule has 1 aliphatic heterocycles. The fourth-order valence-corrected chi connectivity index (χ4v) is 2.41. The van der Waals surface area contributed by atoms with Crippen LogP contribution in [0.25, 0.3) is 0 Å². The van der Waals surface area contributed by atoms with E-state index < -0.39 is 6.23 Å². The number of nitrogens with zero attached hydrogens (tertiary/aromatic N) is 3. The lowest BCUT2D eigenvalue weighted by Gasteiger charge is -2.15. The second-order valence-corrected chi connectivity index (χ2v) is 4.76. The number of carbonyl (C=O) groups is 1. The number of thiazole rings is 1. The highest BCUT2D eigenvalue weighted by Crippen LogP contribution is 2.30. The third-order valence-corrected chi connectivity index (χ3v) is 3.33. The first kappa shape index (κ1) is 10.7. The summed E-state index contributed by atoms with van der Waals surface area (Å²) in [5.41, 5.74) is 0. The molecular formula is C8H10ClN3O2S. The molecule has 1 aromatic rings. The minimum Gasteiger partial charge on any atom is -0.371 e. The van der Waals surface area contributed by atoms with Crippen LogP contribution < -0.4 is 4.90 Å². The van der Waals surface area contributed by atoms with Gasteiger partial charge in [-0.1, -0.05) is 22.9 Å². The van der Waals surface area contributed by atoms with Crippen LogP contribution in [0.2, 0.25) is 4.34 Å². The molecule has 0 aliphatic carbocycles. The summed E-state index contributed by atoms with van der Waals surface area (Å²) in [6.45, 7) is 2.75. The molecular weight excluding hydrogens is 238 g/mol. The maximum Gasteiger partial charge on any atom is 0.328 e. The number of aliphatic hydroxyl groups is 1. The third kappa shape index (κ3) is 1.80. The second kappa shape index (κ2) is 3.96. The van der Waals surface area contributed by atoms with E-state index >= 15 is 0 Å². The standard InChI is InChI=1S/C8H10ClN3O2S/c1-2-11-4-6(13)12(8(11)14)7-10-3-5(9)15-7/h3,6,13H,2,4H2,1H3. The van der Waals surface area contributed by atoms with E-state index in [1.54, 1.807) is 4.90 Å². The second-order valence-electron chi connectivity index (χ2n) is 3.12. The number of amides is 2. The summed E-state index contributed by atoms with van der Waals surface area (Å²) >= 11 is 6.91. The van der Waals surface area contributed by atoms with Crippen molar-refractivity contribution in [2.24, 2.45) is 0 Å². The van der Waals surface area contributed by atoms with Crippen molar-refractivity contribution in [3.05, 3.63) is 10.5 Å². The Kier molecular flexibility index (Phi) is 2.81. The van der Waals surface area contributed by atoms with Gasteiger partial charge in [0.2, 0.25) is 0 Å². The van der Waals surface area contributed by atoms with Gasteiger partial charge in [0.05, 0.1) is 12.7 Å². The fourth-order valence-electron chi connectivity index (χ4n) is 1.47. The zero-order valence-corrected chi connectivity index (χ0v) is 9.62. The van der Waals surface area contributed by atoms with Crippen molar-refractivity contribution < 1.29 is 9.90 Å². The molecule has 0 radical (unpaired) electrons. The van der Waals surface area contributed by atoms with Gasteiger partial charge in [-0.25, -0.2) is 14.7 Å². The number of carbonyl (C=O) groups excluding carboxylic acids is 1. The topological polar surface area (TPSA) is 56.7 Å². The molecule has 15 heavy (non-hydrogen) atoms. The van der Waals surface area contributed by atoms with Gasteiger partial charge < -0.3 is 10.0 Å². The van der Waals surface area contributed by atoms with Crippen molar-refractivity contribution in [2.75, 3.05) is 18.0 Å². The zero-order valence-electron chi connectivity index (χ0n) is 8.05. The predicted molar refractivity (Wildman–Crippen MR) is 58.3 cm³/mol. The van der Waals surface area contributed by atoms with Crippen molar-refractivity contribution in [2.45, 2.75) is 13.2 Å². The molecule has 0 aromatic carbocycles. The Bertz CT molecular complexity index is 384. The van der Waals surface area contributed by atoms with Crippen molar-refractivity contribution in [3.63, 3.8) is 0 Å². The summed E-state index contributed by atoms with van der Waals surface area (Å²) < 4.78 is 0.500. The maximum atomic E-state index is 11.8. The van der Waals surface area contributed by atoms with Crippen molar-refractivity contribution in [3.8, 4) is 0 Å². The predicted octanol–water partition coefficient (Wildman–Crippen LogP) is 1.38. The molecule has 2 heterocycles. The van der Waals surface area contributed by atoms with Gasteiger partial charge in [-0.2, -0.15) is 0 Å². The molecule has 5 nitrogen and oxygen atoms in total. The minimum absolute atomic E-state index is 0.226. The molecule has 2 rings (SSSR count). The van der Waals surface area contributed by atoms with Gasteiger partial charge in [-0.15, -0.1) is 0 Å². The number of aromatic nitrogens is 1. The number of hydrogen-bond donors (Lipinski definition) is 1. The third-order valence-electron chi connectivity index (χ3n) is 2.21. The average molecular weight is 248 g/mol. The Balaban J connectivity index is 2.26. The molecule has 1 atom stereocenters. The van der Waals surface area contributed by atoms with Gasteiger partial charge in [0.1, 0.15) is 4.34 Å². The molecule has 1 aliphatic rings. The summed E-state index contributed by atoms with van der Waals surface area (Å²) in [6, 6.07) is -0.226. The maximum absolute atomic E-state index is 11.8. The molecule has 2 amide bonds. The highest BCUT2D eigenvalue weighted by atomic mass is 35.5. The average Bonchev–Trinajstić information content (AvgIpc) is 2.71. The van der Waals surface area contributed by atoms with Crippen LogP contribution in [0.3, 0.4) is 0 Å². The number of aliphatic hydroxyl groups excluding tert-OH is 1. The molecule has 0 saturated carbocycles. The van der Waals surface area contributed by atoms with E-state index in [1.165, 1.54) is 22.4 Å². The number of hydrogen-bond acceptors (Lipinski definition) is 4. The van der Waals surface area contributed by atoms with E-state index in [-0.39, 0.29) is 6.03 Å². The summed E-state index contributed by atoms with van der Waals surface area (Å²) in [7, 11) is 0. The van der Waals surface area contributed by atoms with Gasteiger partial charge in [0.15, 0.2) is 11.4 Å². The largest absolute Gasteiger partial charge is 0.371 e. The first-order valence-corrected chi connectivity index (χ1v) is 5.70. The lowest BCUT2D eigenvalue weighted by atomic mass is 10.5. The van der Waals surface area contributed by atoms with Crippen LogP contribution in [0.5, 0.6) is 0 Å². The van der Waals surface area contributed by atoms with Crippen molar-refractivity contribution in [1.29, 1.82) is 0 Å². The zero-order chi connectivity index (χ0) is 11.0.